The summed E-state index contributed by atoms with van der Waals surface area (Å²) in [6.07, 6.45) is 2.64. The van der Waals surface area contributed by atoms with Gasteiger partial charge in [0, 0.05) is 11.9 Å². The van der Waals surface area contributed by atoms with Gasteiger partial charge in [-0.15, -0.1) is 11.6 Å². The number of rotatable bonds is 3. The maximum atomic E-state index is 6.01. The molecule has 0 radical (unpaired) electrons. The summed E-state index contributed by atoms with van der Waals surface area (Å²) in [7, 11) is 0. The van der Waals surface area contributed by atoms with E-state index in [9.17, 15) is 0 Å². The van der Waals surface area contributed by atoms with Crippen molar-refractivity contribution in [2.45, 2.75) is 19.2 Å². The molecular weight excluding hydrogens is 293 g/mol. The minimum atomic E-state index is 0.323. The first-order valence-electron chi connectivity index (χ1n) is 6.41. The van der Waals surface area contributed by atoms with Crippen molar-refractivity contribution < 1.29 is 0 Å². The van der Waals surface area contributed by atoms with Crippen LogP contribution in [0.2, 0.25) is 5.02 Å². The summed E-state index contributed by atoms with van der Waals surface area (Å²) in [5.41, 5.74) is 3.83. The van der Waals surface area contributed by atoms with Crippen LogP contribution in [0.4, 0.5) is 0 Å². The fraction of sp³-hybridized carbons (Fsp3) is 0.200. The molecule has 3 rings (SSSR count). The number of hydrogen-bond acceptors (Lipinski definition) is 2. The van der Waals surface area contributed by atoms with Crippen LogP contribution < -0.4 is 0 Å². The molecule has 0 aliphatic carbocycles. The van der Waals surface area contributed by atoms with Crippen LogP contribution in [0.3, 0.4) is 0 Å². The van der Waals surface area contributed by atoms with Crippen LogP contribution in [0.25, 0.3) is 16.9 Å². The molecule has 5 heteroatoms. The smallest absolute Gasteiger partial charge is 0.164 e. The zero-order valence-electron chi connectivity index (χ0n) is 11.0. The van der Waals surface area contributed by atoms with Crippen LogP contribution >= 0.6 is 23.2 Å². The third kappa shape index (κ3) is 2.28. The lowest BCUT2D eigenvalue weighted by molar-refractivity contribution is 0.967. The number of aryl methyl sites for hydroxylation is 1. The number of halogens is 2. The molecule has 0 bridgehead atoms. The largest absolute Gasteiger partial charge is 0.280 e. The van der Waals surface area contributed by atoms with Gasteiger partial charge in [0.2, 0.25) is 0 Å². The molecule has 0 N–H and O–H groups in total. The van der Waals surface area contributed by atoms with Gasteiger partial charge in [-0.25, -0.2) is 9.97 Å². The Morgan fingerprint density at radius 3 is 2.60 bits per heavy atom. The summed E-state index contributed by atoms with van der Waals surface area (Å²) in [5.74, 6) is 1.09. The van der Waals surface area contributed by atoms with Gasteiger partial charge >= 0.3 is 0 Å². The Balaban J connectivity index is 2.22. The monoisotopic (exact) mass is 305 g/mol. The molecule has 0 spiro atoms. The Hall–Kier alpha value is -1.58. The second-order valence-electron chi connectivity index (χ2n) is 4.51. The van der Waals surface area contributed by atoms with Crippen LogP contribution in [0.5, 0.6) is 0 Å². The molecule has 0 fully saturated rings. The third-order valence-electron chi connectivity index (χ3n) is 3.26. The van der Waals surface area contributed by atoms with Gasteiger partial charge in [0.15, 0.2) is 5.65 Å². The van der Waals surface area contributed by atoms with Crippen molar-refractivity contribution in [1.29, 1.82) is 0 Å². The highest BCUT2D eigenvalue weighted by Gasteiger charge is 2.13. The zero-order valence-corrected chi connectivity index (χ0v) is 12.5. The Kier molecular flexibility index (Phi) is 3.64. The van der Waals surface area contributed by atoms with Gasteiger partial charge in [-0.1, -0.05) is 30.7 Å². The van der Waals surface area contributed by atoms with E-state index in [0.717, 1.165) is 29.1 Å². The molecule has 0 unspecified atom stereocenters. The Morgan fingerprint density at radius 1 is 1.20 bits per heavy atom. The Bertz CT molecular complexity index is 748. The van der Waals surface area contributed by atoms with Crippen LogP contribution in [0, 0.1) is 0 Å². The van der Waals surface area contributed by atoms with E-state index < -0.39 is 0 Å². The van der Waals surface area contributed by atoms with Crippen LogP contribution in [0.15, 0.2) is 36.5 Å². The molecule has 102 valence electrons. The highest BCUT2D eigenvalue weighted by molar-refractivity contribution is 6.31. The van der Waals surface area contributed by atoms with Crippen molar-refractivity contribution >= 4 is 34.4 Å². The molecule has 3 nitrogen and oxygen atoms in total. The SMILES string of the molecule is CCc1ccc(-n2c(CCl)nc3cc(Cl)cnc32)cc1. The normalized spacial score (nSPS) is 11.2. The fourth-order valence-corrected chi connectivity index (χ4v) is 2.56. The molecule has 0 aliphatic heterocycles. The van der Waals surface area contributed by atoms with Gasteiger partial charge in [0.25, 0.3) is 0 Å². The van der Waals surface area contributed by atoms with Gasteiger partial charge in [-0.05, 0) is 30.2 Å². The number of hydrogen-bond donors (Lipinski definition) is 0. The molecule has 0 atom stereocenters. The lowest BCUT2D eigenvalue weighted by Crippen LogP contribution is -2.00. The number of nitrogens with zero attached hydrogens (tertiary/aromatic N) is 3. The van der Waals surface area contributed by atoms with Gasteiger partial charge in [-0.2, -0.15) is 0 Å². The number of fused-ring (bicyclic) bond motifs is 1. The summed E-state index contributed by atoms with van der Waals surface area (Å²) >= 11 is 12.0. The minimum absolute atomic E-state index is 0.323. The molecule has 2 aromatic heterocycles. The first-order chi connectivity index (χ1) is 9.72. The van der Waals surface area contributed by atoms with Gasteiger partial charge in [-0.3, -0.25) is 4.57 Å². The van der Waals surface area contributed by atoms with Crippen molar-refractivity contribution in [2.24, 2.45) is 0 Å². The van der Waals surface area contributed by atoms with Crippen molar-refractivity contribution in [2.75, 3.05) is 0 Å². The van der Waals surface area contributed by atoms with Crippen molar-refractivity contribution in [1.82, 2.24) is 14.5 Å². The Morgan fingerprint density at radius 2 is 1.95 bits per heavy atom. The standard InChI is InChI=1S/C15H13Cl2N3/c1-2-10-3-5-12(6-4-10)20-14(8-16)19-13-7-11(17)9-18-15(13)20/h3-7,9H,2,8H2,1H3. The second kappa shape index (κ2) is 5.43. The van der Waals surface area contributed by atoms with E-state index in [4.69, 9.17) is 23.2 Å². The molecule has 20 heavy (non-hydrogen) atoms. The molecule has 2 heterocycles. The van der Waals surface area contributed by atoms with E-state index >= 15 is 0 Å². The molecule has 0 aliphatic rings. The summed E-state index contributed by atoms with van der Waals surface area (Å²) in [6, 6.07) is 10.1. The highest BCUT2D eigenvalue weighted by Crippen LogP contribution is 2.23. The van der Waals surface area contributed by atoms with E-state index in [-0.39, 0.29) is 0 Å². The lowest BCUT2D eigenvalue weighted by atomic mass is 10.1. The molecule has 0 saturated heterocycles. The fourth-order valence-electron chi connectivity index (χ4n) is 2.23. The lowest BCUT2D eigenvalue weighted by Gasteiger charge is -2.07. The first-order valence-corrected chi connectivity index (χ1v) is 7.32. The maximum absolute atomic E-state index is 6.01. The van der Waals surface area contributed by atoms with Crippen molar-refractivity contribution in [3.63, 3.8) is 0 Å². The van der Waals surface area contributed by atoms with Crippen molar-refractivity contribution in [3.05, 3.63) is 52.9 Å². The zero-order chi connectivity index (χ0) is 14.1. The quantitative estimate of drug-likeness (QED) is 0.673. The summed E-state index contributed by atoms with van der Waals surface area (Å²) in [4.78, 5) is 8.87. The Labute approximate surface area is 127 Å². The van der Waals surface area contributed by atoms with Gasteiger partial charge in [0.05, 0.1) is 10.9 Å². The molecule has 3 aromatic rings. The second-order valence-corrected chi connectivity index (χ2v) is 5.22. The number of imidazole rings is 1. The summed E-state index contributed by atoms with van der Waals surface area (Å²) in [5, 5.41) is 0.574. The summed E-state index contributed by atoms with van der Waals surface area (Å²) in [6.45, 7) is 2.13. The number of benzene rings is 1. The van der Waals surface area contributed by atoms with E-state index in [0.29, 0.717) is 10.9 Å². The highest BCUT2D eigenvalue weighted by atomic mass is 35.5. The van der Waals surface area contributed by atoms with E-state index in [1.807, 2.05) is 4.57 Å². The summed E-state index contributed by atoms with van der Waals surface area (Å²) < 4.78 is 1.97. The van der Waals surface area contributed by atoms with Crippen LogP contribution in [-0.2, 0) is 12.3 Å². The van der Waals surface area contributed by atoms with Crippen molar-refractivity contribution in [3.8, 4) is 5.69 Å². The van der Waals surface area contributed by atoms with E-state index in [1.165, 1.54) is 5.56 Å². The van der Waals surface area contributed by atoms with Gasteiger partial charge in [0.1, 0.15) is 11.3 Å². The maximum Gasteiger partial charge on any atom is 0.164 e. The number of alkyl halides is 1. The average Bonchev–Trinajstić information content (AvgIpc) is 2.84. The molecule has 0 amide bonds. The molecular formula is C15H13Cl2N3. The predicted molar refractivity (Wildman–Crippen MR) is 82.8 cm³/mol. The van der Waals surface area contributed by atoms with E-state index in [1.54, 1.807) is 12.3 Å². The van der Waals surface area contributed by atoms with Gasteiger partial charge < -0.3 is 0 Å². The minimum Gasteiger partial charge on any atom is -0.280 e. The molecule has 1 aromatic carbocycles. The number of pyridine rings is 1. The van der Waals surface area contributed by atoms with E-state index in [2.05, 4.69) is 41.2 Å². The predicted octanol–water partition coefficient (Wildman–Crippen LogP) is 4.38. The van der Waals surface area contributed by atoms with Crippen LogP contribution in [0.1, 0.15) is 18.3 Å². The number of aromatic nitrogens is 3. The third-order valence-corrected chi connectivity index (χ3v) is 3.70. The first kappa shape index (κ1) is 13.4. The molecule has 0 saturated carbocycles. The van der Waals surface area contributed by atoms with Crippen LogP contribution in [-0.4, -0.2) is 14.5 Å². The topological polar surface area (TPSA) is 30.7 Å². The average molecular weight is 306 g/mol.